The Morgan fingerprint density at radius 3 is 1.93 bits per heavy atom. The van der Waals surface area contributed by atoms with Crippen LogP contribution in [-0.4, -0.2) is 24.9 Å². The molecule has 0 aliphatic heterocycles. The molecule has 0 aliphatic rings. The molecule has 0 atom stereocenters. The van der Waals surface area contributed by atoms with Crippen LogP contribution in [0.1, 0.15) is 54.4 Å². The first-order valence-electron chi connectivity index (χ1n) is 5.88. The van der Waals surface area contributed by atoms with E-state index in [4.69, 9.17) is 9.47 Å². The lowest BCUT2D eigenvalue weighted by Gasteiger charge is -2.37. The molecule has 92 valence electrons. The van der Waals surface area contributed by atoms with Crippen LogP contribution in [0.5, 0.6) is 0 Å². The molecule has 0 radical (unpaired) electrons. The predicted molar refractivity (Wildman–Crippen MR) is 65.2 cm³/mol. The first kappa shape index (κ1) is 14.9. The minimum absolute atomic E-state index is 0.0502. The van der Waals surface area contributed by atoms with Crippen LogP contribution in [-0.2, 0) is 9.47 Å². The quantitative estimate of drug-likeness (QED) is 0.647. The van der Waals surface area contributed by atoms with Gasteiger partial charge < -0.3 is 9.47 Å². The van der Waals surface area contributed by atoms with E-state index in [1.807, 2.05) is 0 Å². The normalized spacial score (nSPS) is 13.6. The number of hydrogen-bond donors (Lipinski definition) is 0. The molecule has 0 aromatic rings. The average Bonchev–Trinajstić information content (AvgIpc) is 1.95. The second kappa shape index (κ2) is 5.86. The molecule has 2 heteroatoms. The fourth-order valence-corrected chi connectivity index (χ4v) is 2.17. The maximum absolute atomic E-state index is 6.16. The van der Waals surface area contributed by atoms with Crippen molar-refractivity contribution in [3.63, 3.8) is 0 Å². The Balaban J connectivity index is 4.16. The van der Waals surface area contributed by atoms with Gasteiger partial charge in [0.25, 0.3) is 0 Å². The first-order valence-corrected chi connectivity index (χ1v) is 5.88. The van der Waals surface area contributed by atoms with Crippen molar-refractivity contribution in [1.29, 1.82) is 0 Å². The summed E-state index contributed by atoms with van der Waals surface area (Å²) in [6.07, 6.45) is 2.02. The summed E-state index contributed by atoms with van der Waals surface area (Å²) in [5, 5.41) is 0. The monoisotopic (exact) mass is 216 g/mol. The number of rotatable bonds is 7. The molecule has 0 saturated carbocycles. The molecule has 0 N–H and O–H groups in total. The van der Waals surface area contributed by atoms with E-state index in [9.17, 15) is 0 Å². The highest BCUT2D eigenvalue weighted by molar-refractivity contribution is 4.78. The van der Waals surface area contributed by atoms with Crippen molar-refractivity contribution < 1.29 is 9.47 Å². The van der Waals surface area contributed by atoms with Crippen molar-refractivity contribution >= 4 is 0 Å². The molecule has 0 aromatic carbocycles. The highest BCUT2D eigenvalue weighted by atomic mass is 16.5. The summed E-state index contributed by atoms with van der Waals surface area (Å²) in [5.74, 6) is 0.665. The van der Waals surface area contributed by atoms with Crippen molar-refractivity contribution in [3.8, 4) is 0 Å². The number of methoxy groups -OCH3 is 1. The van der Waals surface area contributed by atoms with Gasteiger partial charge in [-0.25, -0.2) is 0 Å². The molecule has 0 rings (SSSR count). The largest absolute Gasteiger partial charge is 0.385 e. The molecule has 0 aromatic heterocycles. The molecule has 0 bridgehead atoms. The van der Waals surface area contributed by atoms with Crippen LogP contribution in [0.2, 0.25) is 0 Å². The van der Waals surface area contributed by atoms with Crippen LogP contribution < -0.4 is 0 Å². The first-order chi connectivity index (χ1) is 6.68. The van der Waals surface area contributed by atoms with Gasteiger partial charge >= 0.3 is 0 Å². The summed E-state index contributed by atoms with van der Waals surface area (Å²) in [5.41, 5.74) is -0.153. The smallest absolute Gasteiger partial charge is 0.0655 e. The molecule has 0 saturated heterocycles. The molecule has 0 fully saturated rings. The topological polar surface area (TPSA) is 18.5 Å². The lowest BCUT2D eigenvalue weighted by Crippen LogP contribution is -2.38. The van der Waals surface area contributed by atoms with Gasteiger partial charge in [0.2, 0.25) is 0 Å². The van der Waals surface area contributed by atoms with Gasteiger partial charge in [-0.05, 0) is 46.5 Å². The number of hydrogen-bond acceptors (Lipinski definition) is 2. The summed E-state index contributed by atoms with van der Waals surface area (Å²) >= 11 is 0. The Morgan fingerprint density at radius 1 is 1.00 bits per heavy atom. The van der Waals surface area contributed by atoms with Crippen LogP contribution in [0.15, 0.2) is 0 Å². The van der Waals surface area contributed by atoms with Gasteiger partial charge in [0.05, 0.1) is 11.2 Å². The molecule has 0 aliphatic carbocycles. The van der Waals surface area contributed by atoms with E-state index >= 15 is 0 Å². The average molecular weight is 216 g/mol. The SMILES string of the molecule is COCCC(C)(C)OC(C)(C)CC(C)C. The second-order valence-corrected chi connectivity index (χ2v) is 5.96. The Bertz CT molecular complexity index is 171. The predicted octanol–water partition coefficient (Wildman–Crippen LogP) is 3.64. The van der Waals surface area contributed by atoms with E-state index < -0.39 is 0 Å². The zero-order valence-corrected chi connectivity index (χ0v) is 11.5. The van der Waals surface area contributed by atoms with Gasteiger partial charge in [-0.1, -0.05) is 13.8 Å². The highest BCUT2D eigenvalue weighted by Gasteiger charge is 2.29. The molecule has 15 heavy (non-hydrogen) atoms. The van der Waals surface area contributed by atoms with Gasteiger partial charge in [0, 0.05) is 13.7 Å². The Kier molecular flexibility index (Phi) is 5.82. The fraction of sp³-hybridized carbons (Fsp3) is 1.00. The van der Waals surface area contributed by atoms with Crippen molar-refractivity contribution in [3.05, 3.63) is 0 Å². The molecule has 0 heterocycles. The van der Waals surface area contributed by atoms with Crippen molar-refractivity contribution in [2.45, 2.75) is 65.6 Å². The molecule has 2 nitrogen and oxygen atoms in total. The Hall–Kier alpha value is -0.0800. The standard InChI is InChI=1S/C13H28O2/c1-11(2)10-13(5,6)15-12(3,4)8-9-14-7/h11H,8-10H2,1-7H3. The van der Waals surface area contributed by atoms with E-state index in [1.165, 1.54) is 0 Å². The lowest BCUT2D eigenvalue weighted by molar-refractivity contribution is -0.138. The van der Waals surface area contributed by atoms with E-state index in [0.717, 1.165) is 19.4 Å². The van der Waals surface area contributed by atoms with E-state index in [-0.39, 0.29) is 11.2 Å². The summed E-state index contributed by atoms with van der Waals surface area (Å²) in [6.45, 7) is 13.8. The van der Waals surface area contributed by atoms with E-state index in [0.29, 0.717) is 5.92 Å². The van der Waals surface area contributed by atoms with Crippen molar-refractivity contribution in [1.82, 2.24) is 0 Å². The third-order valence-corrected chi connectivity index (χ3v) is 2.36. The Morgan fingerprint density at radius 2 is 1.53 bits per heavy atom. The van der Waals surface area contributed by atoms with Gasteiger partial charge in [-0.3, -0.25) is 0 Å². The maximum Gasteiger partial charge on any atom is 0.0655 e. The molecular weight excluding hydrogens is 188 g/mol. The van der Waals surface area contributed by atoms with Crippen LogP contribution in [0.3, 0.4) is 0 Å². The van der Waals surface area contributed by atoms with Crippen LogP contribution in [0.25, 0.3) is 0 Å². The fourth-order valence-electron chi connectivity index (χ4n) is 2.17. The number of ether oxygens (including phenoxy) is 2. The zero-order chi connectivity index (χ0) is 12.1. The minimum atomic E-state index is -0.103. The summed E-state index contributed by atoms with van der Waals surface area (Å²) in [4.78, 5) is 0. The van der Waals surface area contributed by atoms with Gasteiger partial charge in [0.1, 0.15) is 0 Å². The summed E-state index contributed by atoms with van der Waals surface area (Å²) < 4.78 is 11.3. The van der Waals surface area contributed by atoms with Crippen molar-refractivity contribution in [2.75, 3.05) is 13.7 Å². The van der Waals surface area contributed by atoms with E-state index in [1.54, 1.807) is 7.11 Å². The minimum Gasteiger partial charge on any atom is -0.385 e. The lowest BCUT2D eigenvalue weighted by atomic mass is 9.94. The Labute approximate surface area is 95.3 Å². The summed E-state index contributed by atoms with van der Waals surface area (Å²) in [7, 11) is 1.73. The molecule has 0 unspecified atom stereocenters. The van der Waals surface area contributed by atoms with Crippen molar-refractivity contribution in [2.24, 2.45) is 5.92 Å². The van der Waals surface area contributed by atoms with Crippen LogP contribution in [0, 0.1) is 5.92 Å². The van der Waals surface area contributed by atoms with Gasteiger partial charge in [-0.2, -0.15) is 0 Å². The maximum atomic E-state index is 6.16. The van der Waals surface area contributed by atoms with Gasteiger partial charge in [-0.15, -0.1) is 0 Å². The zero-order valence-electron chi connectivity index (χ0n) is 11.5. The van der Waals surface area contributed by atoms with Crippen LogP contribution >= 0.6 is 0 Å². The third-order valence-electron chi connectivity index (χ3n) is 2.36. The third kappa shape index (κ3) is 7.80. The molecular formula is C13H28O2. The van der Waals surface area contributed by atoms with E-state index in [2.05, 4.69) is 41.5 Å². The van der Waals surface area contributed by atoms with Crippen LogP contribution in [0.4, 0.5) is 0 Å². The molecule has 0 amide bonds. The van der Waals surface area contributed by atoms with Gasteiger partial charge in [0.15, 0.2) is 0 Å². The molecule has 0 spiro atoms. The summed E-state index contributed by atoms with van der Waals surface area (Å²) in [6, 6.07) is 0. The second-order valence-electron chi connectivity index (χ2n) is 5.96. The highest BCUT2D eigenvalue weighted by Crippen LogP contribution is 2.28.